The van der Waals surface area contributed by atoms with E-state index in [1.165, 1.54) is 0 Å². The van der Waals surface area contributed by atoms with Gasteiger partial charge in [0.1, 0.15) is 0 Å². The van der Waals surface area contributed by atoms with Gasteiger partial charge >= 0.3 is 6.03 Å². The van der Waals surface area contributed by atoms with E-state index in [1.54, 1.807) is 17.0 Å². The van der Waals surface area contributed by atoms with Gasteiger partial charge in [0.15, 0.2) is 0 Å². The van der Waals surface area contributed by atoms with E-state index in [9.17, 15) is 9.59 Å². The molecule has 0 radical (unpaired) electrons. The smallest absolute Gasteiger partial charge is 0.317 e. The molecule has 1 heterocycles. The maximum absolute atomic E-state index is 12.4. The van der Waals surface area contributed by atoms with Gasteiger partial charge in [0.25, 0.3) is 0 Å². The van der Waals surface area contributed by atoms with E-state index in [0.29, 0.717) is 37.6 Å². The van der Waals surface area contributed by atoms with E-state index in [4.69, 9.17) is 11.6 Å². The number of hydrogen-bond donors (Lipinski definition) is 1. The first kappa shape index (κ1) is 17.6. The first-order valence-electron chi connectivity index (χ1n) is 8.03. The number of carbonyl (C=O) groups excluding carboxylic acids is 2. The van der Waals surface area contributed by atoms with Crippen LogP contribution in [0.4, 0.5) is 4.79 Å². The number of nitrogens with one attached hydrogen (secondary N) is 1. The molecule has 0 spiro atoms. The molecule has 126 valence electrons. The number of halogens is 1. The molecule has 0 bridgehead atoms. The third kappa shape index (κ3) is 5.43. The molecular formula is C17H24ClN3O2. The Hall–Kier alpha value is -1.75. The van der Waals surface area contributed by atoms with Crippen LogP contribution >= 0.6 is 11.6 Å². The van der Waals surface area contributed by atoms with E-state index in [2.05, 4.69) is 5.32 Å². The molecule has 1 saturated heterocycles. The van der Waals surface area contributed by atoms with Crippen LogP contribution in [-0.2, 0) is 11.2 Å². The first-order valence-corrected chi connectivity index (χ1v) is 8.41. The van der Waals surface area contributed by atoms with Gasteiger partial charge in [-0.3, -0.25) is 4.79 Å². The highest BCUT2D eigenvalue weighted by molar-refractivity contribution is 6.30. The molecule has 6 heteroatoms. The molecule has 3 amide bonds. The molecule has 1 N–H and O–H groups in total. The van der Waals surface area contributed by atoms with Crippen LogP contribution in [0.3, 0.4) is 0 Å². The highest BCUT2D eigenvalue weighted by atomic mass is 35.5. The summed E-state index contributed by atoms with van der Waals surface area (Å²) in [6, 6.07) is 7.41. The Morgan fingerprint density at radius 1 is 1.09 bits per heavy atom. The number of hydrogen-bond acceptors (Lipinski definition) is 2. The van der Waals surface area contributed by atoms with Crippen molar-refractivity contribution in [1.29, 1.82) is 0 Å². The van der Waals surface area contributed by atoms with E-state index in [0.717, 1.165) is 12.0 Å². The second-order valence-electron chi connectivity index (χ2n) is 6.13. The van der Waals surface area contributed by atoms with Crippen molar-refractivity contribution in [3.05, 3.63) is 34.9 Å². The minimum Gasteiger partial charge on any atom is -0.341 e. The van der Waals surface area contributed by atoms with Gasteiger partial charge < -0.3 is 15.1 Å². The highest BCUT2D eigenvalue weighted by Crippen LogP contribution is 2.12. The van der Waals surface area contributed by atoms with Gasteiger partial charge in [-0.2, -0.15) is 0 Å². The van der Waals surface area contributed by atoms with Crippen LogP contribution in [0.1, 0.15) is 25.8 Å². The minimum absolute atomic E-state index is 0.0491. The Balaban J connectivity index is 1.88. The number of amides is 3. The normalized spacial score (nSPS) is 15.5. The lowest BCUT2D eigenvalue weighted by molar-refractivity contribution is -0.130. The summed E-state index contributed by atoms with van der Waals surface area (Å²) in [5, 5.41) is 3.57. The SMILES string of the molecule is CC(C)NC(=O)N1CCCN(C(=O)Cc2ccc(Cl)cc2)CC1. The largest absolute Gasteiger partial charge is 0.341 e. The van der Waals surface area contributed by atoms with Crippen molar-refractivity contribution in [3.63, 3.8) is 0 Å². The fourth-order valence-electron chi connectivity index (χ4n) is 2.60. The third-order valence-electron chi connectivity index (χ3n) is 3.82. The van der Waals surface area contributed by atoms with E-state index >= 15 is 0 Å². The second kappa shape index (κ2) is 8.20. The molecule has 5 nitrogen and oxygen atoms in total. The van der Waals surface area contributed by atoms with Crippen molar-refractivity contribution in [1.82, 2.24) is 15.1 Å². The Kier molecular flexibility index (Phi) is 6.28. The van der Waals surface area contributed by atoms with Gasteiger partial charge in [0.05, 0.1) is 6.42 Å². The molecular weight excluding hydrogens is 314 g/mol. The van der Waals surface area contributed by atoms with Crippen LogP contribution in [0.25, 0.3) is 0 Å². The molecule has 0 aliphatic carbocycles. The zero-order valence-electron chi connectivity index (χ0n) is 13.7. The lowest BCUT2D eigenvalue weighted by Gasteiger charge is -2.23. The molecule has 1 aliphatic heterocycles. The number of carbonyl (C=O) groups is 2. The van der Waals surface area contributed by atoms with Crippen LogP contribution in [0.2, 0.25) is 5.02 Å². The maximum atomic E-state index is 12.4. The van der Waals surface area contributed by atoms with E-state index in [1.807, 2.05) is 30.9 Å². The molecule has 0 atom stereocenters. The lowest BCUT2D eigenvalue weighted by Crippen LogP contribution is -2.45. The summed E-state index contributed by atoms with van der Waals surface area (Å²) in [7, 11) is 0. The predicted octanol–water partition coefficient (Wildman–Crippen LogP) is 2.53. The monoisotopic (exact) mass is 337 g/mol. The lowest BCUT2D eigenvalue weighted by atomic mass is 10.1. The van der Waals surface area contributed by atoms with Crippen molar-refractivity contribution in [2.45, 2.75) is 32.7 Å². The number of nitrogens with zero attached hydrogens (tertiary/aromatic N) is 2. The standard InChI is InChI=1S/C17H24ClN3O2/c1-13(2)19-17(23)21-9-3-8-20(10-11-21)16(22)12-14-4-6-15(18)7-5-14/h4-7,13H,3,8-12H2,1-2H3,(H,19,23). The summed E-state index contributed by atoms with van der Waals surface area (Å²) in [5.74, 6) is 0.0958. The Labute approximate surface area is 142 Å². The van der Waals surface area contributed by atoms with Crippen LogP contribution in [-0.4, -0.2) is 54.0 Å². The number of benzene rings is 1. The van der Waals surface area contributed by atoms with Crippen LogP contribution in [0.15, 0.2) is 24.3 Å². The highest BCUT2D eigenvalue weighted by Gasteiger charge is 2.22. The zero-order valence-corrected chi connectivity index (χ0v) is 14.5. The first-order chi connectivity index (χ1) is 11.0. The fourth-order valence-corrected chi connectivity index (χ4v) is 2.72. The van der Waals surface area contributed by atoms with Crippen molar-refractivity contribution in [2.75, 3.05) is 26.2 Å². The Bertz CT molecular complexity index is 545. The Morgan fingerprint density at radius 2 is 1.70 bits per heavy atom. The molecule has 23 heavy (non-hydrogen) atoms. The van der Waals surface area contributed by atoms with Crippen molar-refractivity contribution in [2.24, 2.45) is 0 Å². The van der Waals surface area contributed by atoms with Gasteiger partial charge in [-0.1, -0.05) is 23.7 Å². The van der Waals surface area contributed by atoms with Crippen LogP contribution in [0.5, 0.6) is 0 Å². The topological polar surface area (TPSA) is 52.7 Å². The molecule has 1 aromatic carbocycles. The minimum atomic E-state index is -0.0491. The summed E-state index contributed by atoms with van der Waals surface area (Å²) >= 11 is 5.86. The molecule has 2 rings (SSSR count). The molecule has 0 aromatic heterocycles. The van der Waals surface area contributed by atoms with Crippen LogP contribution in [0, 0.1) is 0 Å². The summed E-state index contributed by atoms with van der Waals surface area (Å²) in [4.78, 5) is 28.1. The number of rotatable bonds is 3. The van der Waals surface area contributed by atoms with Gasteiger partial charge in [0, 0.05) is 37.2 Å². The average molecular weight is 338 g/mol. The summed E-state index contributed by atoms with van der Waals surface area (Å²) in [6.07, 6.45) is 1.17. The van der Waals surface area contributed by atoms with Gasteiger partial charge in [-0.25, -0.2) is 4.79 Å². The van der Waals surface area contributed by atoms with Gasteiger partial charge in [0.2, 0.25) is 5.91 Å². The van der Waals surface area contributed by atoms with Gasteiger partial charge in [-0.05, 0) is 38.0 Å². The zero-order chi connectivity index (χ0) is 16.8. The third-order valence-corrected chi connectivity index (χ3v) is 4.07. The van der Waals surface area contributed by atoms with E-state index in [-0.39, 0.29) is 18.0 Å². The van der Waals surface area contributed by atoms with Crippen molar-refractivity contribution in [3.8, 4) is 0 Å². The van der Waals surface area contributed by atoms with Crippen molar-refractivity contribution < 1.29 is 9.59 Å². The second-order valence-corrected chi connectivity index (χ2v) is 6.57. The summed E-state index contributed by atoms with van der Waals surface area (Å²) in [5.41, 5.74) is 0.957. The van der Waals surface area contributed by atoms with E-state index < -0.39 is 0 Å². The Morgan fingerprint density at radius 3 is 2.35 bits per heavy atom. The number of urea groups is 1. The maximum Gasteiger partial charge on any atom is 0.317 e. The predicted molar refractivity (Wildman–Crippen MR) is 91.6 cm³/mol. The molecule has 0 saturated carbocycles. The average Bonchev–Trinajstić information content (AvgIpc) is 2.75. The molecule has 1 aromatic rings. The quantitative estimate of drug-likeness (QED) is 0.921. The fraction of sp³-hybridized carbons (Fsp3) is 0.529. The molecule has 1 fully saturated rings. The van der Waals surface area contributed by atoms with Gasteiger partial charge in [-0.15, -0.1) is 0 Å². The van der Waals surface area contributed by atoms with Crippen LogP contribution < -0.4 is 5.32 Å². The van der Waals surface area contributed by atoms with Crippen molar-refractivity contribution >= 4 is 23.5 Å². The molecule has 1 aliphatic rings. The summed E-state index contributed by atoms with van der Waals surface area (Å²) in [6.45, 7) is 6.42. The summed E-state index contributed by atoms with van der Waals surface area (Å²) < 4.78 is 0. The molecule has 0 unspecified atom stereocenters.